The molecule has 1 aliphatic carbocycles. The molecule has 4 heteroatoms. The van der Waals surface area contributed by atoms with E-state index in [9.17, 15) is 0 Å². The molecule has 11 rings (SSSR count). The minimum absolute atomic E-state index is 0.141. The van der Waals surface area contributed by atoms with Crippen LogP contribution in [0, 0.1) is 0 Å². The predicted octanol–water partition coefficient (Wildman–Crippen LogP) is 14.1. The maximum Gasteiger partial charge on any atom is 0.164 e. The van der Waals surface area contributed by atoms with E-state index in [2.05, 4.69) is 159 Å². The van der Waals surface area contributed by atoms with Gasteiger partial charge in [-0.3, -0.25) is 0 Å². The first-order chi connectivity index (χ1) is 28.5. The van der Waals surface area contributed by atoms with Gasteiger partial charge in [-0.2, -0.15) is 0 Å². The highest BCUT2D eigenvalue weighted by atomic mass is 16.3. The normalized spacial score (nSPS) is 12.8. The van der Waals surface area contributed by atoms with Crippen molar-refractivity contribution in [3.05, 3.63) is 199 Å². The van der Waals surface area contributed by atoms with Crippen LogP contribution in [-0.4, -0.2) is 15.0 Å². The van der Waals surface area contributed by atoms with Crippen LogP contribution in [0.5, 0.6) is 0 Å². The smallest absolute Gasteiger partial charge is 0.164 e. The van der Waals surface area contributed by atoms with Gasteiger partial charge in [0.1, 0.15) is 11.2 Å². The molecule has 0 bridgehead atoms. The average molecular weight is 744 g/mol. The van der Waals surface area contributed by atoms with E-state index in [0.717, 1.165) is 72.0 Å². The zero-order valence-corrected chi connectivity index (χ0v) is 32.1. The molecule has 0 radical (unpaired) electrons. The van der Waals surface area contributed by atoms with Crippen molar-refractivity contribution in [1.82, 2.24) is 15.0 Å². The van der Waals surface area contributed by atoms with Gasteiger partial charge in [0, 0.05) is 32.9 Å². The third-order valence-electron chi connectivity index (χ3n) is 11.7. The zero-order chi connectivity index (χ0) is 38.8. The first kappa shape index (κ1) is 33.9. The summed E-state index contributed by atoms with van der Waals surface area (Å²) in [6, 6.07) is 66.1. The number of hydrogen-bond acceptors (Lipinski definition) is 4. The summed E-state index contributed by atoms with van der Waals surface area (Å²) >= 11 is 0. The highest BCUT2D eigenvalue weighted by molar-refractivity contribution is 6.13. The van der Waals surface area contributed by atoms with Gasteiger partial charge in [0.2, 0.25) is 0 Å². The van der Waals surface area contributed by atoms with E-state index in [-0.39, 0.29) is 5.41 Å². The second kappa shape index (κ2) is 13.4. The van der Waals surface area contributed by atoms with E-state index in [0.29, 0.717) is 17.5 Å². The van der Waals surface area contributed by atoms with E-state index in [1.165, 1.54) is 22.3 Å². The quantitative estimate of drug-likeness (QED) is 0.170. The molecule has 2 aromatic heterocycles. The van der Waals surface area contributed by atoms with Crippen molar-refractivity contribution in [2.24, 2.45) is 0 Å². The molecular formula is C54H37N3O. The molecule has 0 aliphatic heterocycles. The van der Waals surface area contributed by atoms with Crippen molar-refractivity contribution in [3.63, 3.8) is 0 Å². The lowest BCUT2D eigenvalue weighted by molar-refractivity contribution is 0.660. The molecule has 58 heavy (non-hydrogen) atoms. The molecule has 274 valence electrons. The summed E-state index contributed by atoms with van der Waals surface area (Å²) in [7, 11) is 0. The highest BCUT2D eigenvalue weighted by Gasteiger charge is 2.35. The van der Waals surface area contributed by atoms with Gasteiger partial charge >= 0.3 is 0 Å². The number of nitrogens with zero attached hydrogens (tertiary/aromatic N) is 3. The van der Waals surface area contributed by atoms with Gasteiger partial charge in [0.25, 0.3) is 0 Å². The van der Waals surface area contributed by atoms with Crippen LogP contribution in [0.1, 0.15) is 25.0 Å². The Labute approximate surface area is 337 Å². The molecule has 0 saturated heterocycles. The van der Waals surface area contributed by atoms with E-state index in [1.54, 1.807) is 0 Å². The molecule has 0 unspecified atom stereocenters. The fraction of sp³-hybridized carbons (Fsp3) is 0.0556. The maximum atomic E-state index is 6.65. The second-order valence-corrected chi connectivity index (χ2v) is 15.6. The second-order valence-electron chi connectivity index (χ2n) is 15.6. The molecule has 0 fully saturated rings. The largest absolute Gasteiger partial charge is 0.456 e. The summed E-state index contributed by atoms with van der Waals surface area (Å²) in [5.74, 6) is 1.78. The summed E-state index contributed by atoms with van der Waals surface area (Å²) < 4.78 is 6.65. The molecule has 0 saturated carbocycles. The minimum atomic E-state index is -0.141. The lowest BCUT2D eigenvalue weighted by Gasteiger charge is -2.22. The summed E-state index contributed by atoms with van der Waals surface area (Å²) in [5.41, 5.74) is 16.1. The average Bonchev–Trinajstić information content (AvgIpc) is 3.78. The van der Waals surface area contributed by atoms with Gasteiger partial charge in [0.15, 0.2) is 17.5 Å². The molecular weight excluding hydrogens is 707 g/mol. The van der Waals surface area contributed by atoms with Crippen LogP contribution in [0.25, 0.3) is 101 Å². The third kappa shape index (κ3) is 5.64. The predicted molar refractivity (Wildman–Crippen MR) is 237 cm³/mol. The van der Waals surface area contributed by atoms with Crippen molar-refractivity contribution in [2.45, 2.75) is 19.3 Å². The van der Waals surface area contributed by atoms with Crippen LogP contribution in [0.2, 0.25) is 0 Å². The number of para-hydroxylation sites is 1. The van der Waals surface area contributed by atoms with Crippen LogP contribution in [0.15, 0.2) is 192 Å². The monoisotopic (exact) mass is 743 g/mol. The van der Waals surface area contributed by atoms with Gasteiger partial charge < -0.3 is 4.42 Å². The Kier molecular flexibility index (Phi) is 7.80. The topological polar surface area (TPSA) is 51.8 Å². The molecule has 8 aromatic carbocycles. The van der Waals surface area contributed by atoms with Crippen LogP contribution >= 0.6 is 0 Å². The number of hydrogen-bond donors (Lipinski definition) is 0. The molecule has 0 spiro atoms. The van der Waals surface area contributed by atoms with Crippen molar-refractivity contribution in [3.8, 4) is 78.7 Å². The molecule has 4 nitrogen and oxygen atoms in total. The Hall–Kier alpha value is -7.43. The molecule has 0 N–H and O–H groups in total. The molecule has 0 amide bonds. The Bertz CT molecular complexity index is 3130. The Morgan fingerprint density at radius 3 is 1.53 bits per heavy atom. The van der Waals surface area contributed by atoms with Crippen LogP contribution in [0.3, 0.4) is 0 Å². The Balaban J connectivity index is 1.15. The fourth-order valence-electron chi connectivity index (χ4n) is 8.78. The molecule has 10 aromatic rings. The van der Waals surface area contributed by atoms with Gasteiger partial charge in [-0.1, -0.05) is 159 Å². The van der Waals surface area contributed by atoms with E-state index in [4.69, 9.17) is 19.4 Å². The summed E-state index contributed by atoms with van der Waals surface area (Å²) in [5, 5.41) is 2.16. The Morgan fingerprint density at radius 2 is 0.862 bits per heavy atom. The number of aromatic nitrogens is 3. The fourth-order valence-corrected chi connectivity index (χ4v) is 8.78. The summed E-state index contributed by atoms with van der Waals surface area (Å²) in [6.07, 6.45) is 0. The van der Waals surface area contributed by atoms with Crippen LogP contribution < -0.4 is 0 Å². The van der Waals surface area contributed by atoms with Gasteiger partial charge in [-0.05, 0) is 98.1 Å². The van der Waals surface area contributed by atoms with Crippen molar-refractivity contribution < 1.29 is 4.42 Å². The first-order valence-electron chi connectivity index (χ1n) is 19.8. The molecule has 1 aliphatic rings. The lowest BCUT2D eigenvalue weighted by Crippen LogP contribution is -2.14. The molecule has 2 heterocycles. The van der Waals surface area contributed by atoms with E-state index in [1.807, 2.05) is 42.5 Å². The number of furan rings is 1. The van der Waals surface area contributed by atoms with Gasteiger partial charge in [0.05, 0.1) is 0 Å². The van der Waals surface area contributed by atoms with Crippen LogP contribution in [0.4, 0.5) is 0 Å². The number of benzene rings is 8. The zero-order valence-electron chi connectivity index (χ0n) is 32.1. The SMILES string of the molecule is CC1(C)c2ccccc2-c2ccc(-c3cc(-c4nc(-c5ccccc5)nc(-c5cc(-c6ccccc6)cc(-c6ccccc6)c5)n4)cc4oc5ccccc5c34)cc21. The van der Waals surface area contributed by atoms with Crippen LogP contribution in [-0.2, 0) is 5.41 Å². The summed E-state index contributed by atoms with van der Waals surface area (Å²) in [6.45, 7) is 4.66. The standard InChI is InChI=1S/C54H37N3O/c1-54(2)46-24-14-12-22-42(46)43-27-26-37(32-47(43)54)45-31-41(33-49-50(45)44-23-13-15-25-48(44)58-49)53-56-51(36-20-10-5-11-21-36)55-52(57-53)40-29-38(34-16-6-3-7-17-34)28-39(30-40)35-18-8-4-9-19-35/h3-33H,1-2H3. The lowest BCUT2D eigenvalue weighted by atomic mass is 9.81. The van der Waals surface area contributed by atoms with Gasteiger partial charge in [-0.15, -0.1) is 0 Å². The summed E-state index contributed by atoms with van der Waals surface area (Å²) in [4.78, 5) is 15.7. The minimum Gasteiger partial charge on any atom is -0.456 e. The number of fused-ring (bicyclic) bond motifs is 6. The van der Waals surface area contributed by atoms with E-state index >= 15 is 0 Å². The molecule has 0 atom stereocenters. The van der Waals surface area contributed by atoms with Crippen molar-refractivity contribution in [2.75, 3.05) is 0 Å². The third-order valence-corrected chi connectivity index (χ3v) is 11.7. The van der Waals surface area contributed by atoms with Gasteiger partial charge in [-0.25, -0.2) is 15.0 Å². The first-order valence-corrected chi connectivity index (χ1v) is 19.8. The maximum absolute atomic E-state index is 6.65. The van der Waals surface area contributed by atoms with Crippen molar-refractivity contribution in [1.29, 1.82) is 0 Å². The van der Waals surface area contributed by atoms with E-state index < -0.39 is 0 Å². The number of rotatable bonds is 6. The highest BCUT2D eigenvalue weighted by Crippen LogP contribution is 2.50. The Morgan fingerprint density at radius 1 is 0.345 bits per heavy atom. The van der Waals surface area contributed by atoms with Crippen molar-refractivity contribution >= 4 is 21.9 Å².